The lowest BCUT2D eigenvalue weighted by atomic mass is 9.91. The summed E-state index contributed by atoms with van der Waals surface area (Å²) in [6, 6.07) is 9.16. The summed E-state index contributed by atoms with van der Waals surface area (Å²) >= 11 is 1.85. The van der Waals surface area contributed by atoms with Gasteiger partial charge in [0.15, 0.2) is 0 Å². The van der Waals surface area contributed by atoms with Gasteiger partial charge in [-0.15, -0.1) is 0 Å². The molecule has 2 rings (SSSR count). The van der Waals surface area contributed by atoms with Gasteiger partial charge in [-0.2, -0.15) is 0 Å². The van der Waals surface area contributed by atoms with E-state index < -0.39 is 3.80 Å². The van der Waals surface area contributed by atoms with Crippen molar-refractivity contribution in [1.82, 2.24) is 4.90 Å². The molecular formula is C18H25FINO2. The standard InChI is InChI=1S/C18H25FINO2/c1-3-5-9-14-12-21(13-16(14)17(22)23-4-2)18(19,20)15-10-7-6-8-11-15/h6-8,10-11,14,16H,3-5,9,12-13H2,1-2H3. The summed E-state index contributed by atoms with van der Waals surface area (Å²) in [7, 11) is 0. The number of likely N-dealkylation sites (tertiary alicyclic amines) is 1. The third-order valence-electron chi connectivity index (χ3n) is 4.48. The molecule has 128 valence electrons. The minimum absolute atomic E-state index is 0.169. The SMILES string of the molecule is CCCCC1CN(C(F)(I)c2ccccc2)CC1C(=O)OCC. The van der Waals surface area contributed by atoms with Crippen LogP contribution in [0.2, 0.25) is 0 Å². The molecule has 1 aliphatic rings. The van der Waals surface area contributed by atoms with E-state index in [9.17, 15) is 4.79 Å². The Hall–Kier alpha value is -0.690. The number of alkyl halides is 2. The van der Waals surface area contributed by atoms with Crippen LogP contribution in [0.4, 0.5) is 4.39 Å². The first-order valence-corrected chi connectivity index (χ1v) is 9.43. The minimum Gasteiger partial charge on any atom is -0.466 e. The highest BCUT2D eigenvalue weighted by molar-refractivity contribution is 14.1. The Balaban J connectivity index is 2.16. The molecule has 0 radical (unpaired) electrons. The maximum absolute atomic E-state index is 15.4. The molecule has 1 heterocycles. The van der Waals surface area contributed by atoms with Gasteiger partial charge in [0.05, 0.1) is 12.5 Å². The molecule has 0 aliphatic carbocycles. The quantitative estimate of drug-likeness (QED) is 0.275. The zero-order chi connectivity index (χ0) is 16.9. The van der Waals surface area contributed by atoms with Crippen LogP contribution in [-0.4, -0.2) is 30.6 Å². The fraction of sp³-hybridized carbons (Fsp3) is 0.611. The van der Waals surface area contributed by atoms with E-state index in [0.717, 1.165) is 19.3 Å². The van der Waals surface area contributed by atoms with E-state index in [-0.39, 0.29) is 17.8 Å². The summed E-state index contributed by atoms with van der Waals surface area (Å²) in [5, 5.41) is 0. The molecule has 0 aromatic heterocycles. The highest BCUT2D eigenvalue weighted by Crippen LogP contribution is 2.43. The van der Waals surface area contributed by atoms with E-state index in [2.05, 4.69) is 6.92 Å². The number of carbonyl (C=O) groups is 1. The predicted octanol–water partition coefficient (Wildman–Crippen LogP) is 4.50. The first-order valence-electron chi connectivity index (χ1n) is 8.35. The van der Waals surface area contributed by atoms with Gasteiger partial charge in [0.1, 0.15) is 0 Å². The maximum Gasteiger partial charge on any atom is 0.310 e. The van der Waals surface area contributed by atoms with Crippen molar-refractivity contribution in [3.63, 3.8) is 0 Å². The monoisotopic (exact) mass is 433 g/mol. The van der Waals surface area contributed by atoms with E-state index in [4.69, 9.17) is 4.74 Å². The number of hydrogen-bond acceptors (Lipinski definition) is 3. The van der Waals surface area contributed by atoms with Crippen LogP contribution in [0.15, 0.2) is 30.3 Å². The topological polar surface area (TPSA) is 29.5 Å². The summed E-state index contributed by atoms with van der Waals surface area (Å²) in [4.78, 5) is 14.0. The number of nitrogens with zero attached hydrogens (tertiary/aromatic N) is 1. The van der Waals surface area contributed by atoms with Crippen molar-refractivity contribution in [2.75, 3.05) is 19.7 Å². The molecule has 1 aromatic carbocycles. The molecule has 1 saturated heterocycles. The summed E-state index contributed by atoms with van der Waals surface area (Å²) in [5.74, 6) is -0.242. The number of carbonyl (C=O) groups excluding carboxylic acids is 1. The van der Waals surface area contributed by atoms with Crippen LogP contribution in [0.5, 0.6) is 0 Å². The van der Waals surface area contributed by atoms with Crippen LogP contribution in [0.1, 0.15) is 38.7 Å². The third kappa shape index (κ3) is 4.44. The summed E-state index contributed by atoms with van der Waals surface area (Å²) in [6.45, 7) is 5.33. The van der Waals surface area contributed by atoms with Crippen molar-refractivity contribution >= 4 is 28.6 Å². The average molecular weight is 433 g/mol. The minimum atomic E-state index is -1.59. The summed E-state index contributed by atoms with van der Waals surface area (Å²) in [5.41, 5.74) is 0.624. The van der Waals surface area contributed by atoms with Crippen LogP contribution in [0.25, 0.3) is 0 Å². The first kappa shape index (κ1) is 18.6. The number of unbranched alkanes of at least 4 members (excludes halogenated alkanes) is 1. The van der Waals surface area contributed by atoms with E-state index in [0.29, 0.717) is 25.3 Å². The summed E-state index contributed by atoms with van der Waals surface area (Å²) in [6.07, 6.45) is 3.08. The molecule has 0 spiro atoms. The predicted molar refractivity (Wildman–Crippen MR) is 98.0 cm³/mol. The van der Waals surface area contributed by atoms with Crippen LogP contribution in [0, 0.1) is 11.8 Å². The van der Waals surface area contributed by atoms with Gasteiger partial charge in [-0.25, -0.2) is 4.39 Å². The molecule has 1 aromatic rings. The van der Waals surface area contributed by atoms with Crippen molar-refractivity contribution in [2.24, 2.45) is 11.8 Å². The van der Waals surface area contributed by atoms with Gasteiger partial charge >= 0.3 is 5.97 Å². The second-order valence-corrected chi connectivity index (χ2v) is 7.50. The molecule has 1 fully saturated rings. The van der Waals surface area contributed by atoms with Gasteiger partial charge in [0.2, 0.25) is 3.80 Å². The average Bonchev–Trinajstić information content (AvgIpc) is 2.99. The van der Waals surface area contributed by atoms with Crippen molar-refractivity contribution in [3.05, 3.63) is 35.9 Å². The number of ether oxygens (including phenoxy) is 1. The molecular weight excluding hydrogens is 408 g/mol. The zero-order valence-electron chi connectivity index (χ0n) is 13.8. The zero-order valence-corrected chi connectivity index (χ0v) is 16.0. The van der Waals surface area contributed by atoms with Gasteiger partial charge in [0, 0.05) is 18.7 Å². The van der Waals surface area contributed by atoms with Gasteiger partial charge in [-0.1, -0.05) is 50.1 Å². The van der Waals surface area contributed by atoms with Gasteiger partial charge in [0.25, 0.3) is 0 Å². The van der Waals surface area contributed by atoms with E-state index in [1.54, 1.807) is 17.0 Å². The van der Waals surface area contributed by atoms with E-state index >= 15 is 4.39 Å². The van der Waals surface area contributed by atoms with Crippen molar-refractivity contribution in [2.45, 2.75) is 36.9 Å². The maximum atomic E-state index is 15.4. The Bertz CT molecular complexity index is 509. The van der Waals surface area contributed by atoms with Crippen LogP contribution in [-0.2, 0) is 13.3 Å². The van der Waals surface area contributed by atoms with Crippen molar-refractivity contribution in [3.8, 4) is 0 Å². The molecule has 0 saturated carbocycles. The molecule has 0 N–H and O–H groups in total. The van der Waals surface area contributed by atoms with Gasteiger partial charge in [-0.3, -0.25) is 9.69 Å². The molecule has 5 heteroatoms. The largest absolute Gasteiger partial charge is 0.466 e. The molecule has 0 bridgehead atoms. The Morgan fingerprint density at radius 3 is 2.65 bits per heavy atom. The van der Waals surface area contributed by atoms with Gasteiger partial charge in [-0.05, 0) is 41.9 Å². The normalized spacial score (nSPS) is 24.3. The van der Waals surface area contributed by atoms with E-state index in [1.165, 1.54) is 0 Å². The Kier molecular flexibility index (Phi) is 6.83. The smallest absolute Gasteiger partial charge is 0.310 e. The molecule has 0 amide bonds. The Morgan fingerprint density at radius 2 is 2.04 bits per heavy atom. The highest BCUT2D eigenvalue weighted by Gasteiger charge is 2.47. The lowest BCUT2D eigenvalue weighted by Crippen LogP contribution is -2.37. The number of benzene rings is 1. The number of hydrogen-bond donors (Lipinski definition) is 0. The number of halogens is 2. The highest BCUT2D eigenvalue weighted by atomic mass is 127. The van der Waals surface area contributed by atoms with Crippen molar-refractivity contribution < 1.29 is 13.9 Å². The molecule has 3 unspecified atom stereocenters. The lowest BCUT2D eigenvalue weighted by Gasteiger charge is -2.30. The lowest BCUT2D eigenvalue weighted by molar-refractivity contribution is -0.149. The van der Waals surface area contributed by atoms with Crippen LogP contribution in [0.3, 0.4) is 0 Å². The first-order chi connectivity index (χ1) is 11.0. The van der Waals surface area contributed by atoms with Crippen LogP contribution >= 0.6 is 22.6 Å². The number of esters is 1. The third-order valence-corrected chi connectivity index (χ3v) is 5.78. The Morgan fingerprint density at radius 1 is 1.35 bits per heavy atom. The fourth-order valence-corrected chi connectivity index (χ4v) is 3.95. The second-order valence-electron chi connectivity index (χ2n) is 6.07. The molecule has 3 atom stereocenters. The van der Waals surface area contributed by atoms with Crippen molar-refractivity contribution in [1.29, 1.82) is 0 Å². The molecule has 3 nitrogen and oxygen atoms in total. The molecule has 23 heavy (non-hydrogen) atoms. The fourth-order valence-electron chi connectivity index (χ4n) is 3.20. The Labute approximate surface area is 151 Å². The summed E-state index contributed by atoms with van der Waals surface area (Å²) < 4.78 is 19.0. The van der Waals surface area contributed by atoms with E-state index in [1.807, 2.05) is 47.7 Å². The van der Waals surface area contributed by atoms with Crippen LogP contribution < -0.4 is 0 Å². The second kappa shape index (κ2) is 8.42. The molecule has 1 aliphatic heterocycles. The number of rotatable bonds is 7. The van der Waals surface area contributed by atoms with Gasteiger partial charge < -0.3 is 4.74 Å².